The Kier molecular flexibility index (Phi) is 6.98. The fourth-order valence-corrected chi connectivity index (χ4v) is 0.488. The summed E-state index contributed by atoms with van der Waals surface area (Å²) in [5.74, 6) is 0.146. The average molecular weight is 224 g/mol. The van der Waals surface area contributed by atoms with Gasteiger partial charge >= 0.3 is 7.82 Å². The molecule has 0 aromatic heterocycles. The summed E-state index contributed by atoms with van der Waals surface area (Å²) in [6.45, 7) is 0. The first-order chi connectivity index (χ1) is 5.80. The molecule has 0 saturated carbocycles. The van der Waals surface area contributed by atoms with Gasteiger partial charge in [0.15, 0.2) is 0 Å². The Morgan fingerprint density at radius 2 is 1.50 bits per heavy atom. The second kappa shape index (κ2) is 6.36. The molecule has 0 heterocycles. The first kappa shape index (κ1) is 15.4. The van der Waals surface area contributed by atoms with Crippen LogP contribution in [0.15, 0.2) is 24.3 Å². The molecule has 0 fully saturated rings. The highest BCUT2D eigenvalue weighted by Gasteiger charge is 2.00. The van der Waals surface area contributed by atoms with Crippen LogP contribution in [0, 0.1) is 0 Å². The van der Waals surface area contributed by atoms with Crippen LogP contribution in [-0.4, -0.2) is 19.8 Å². The molecule has 14 heavy (non-hydrogen) atoms. The second-order valence-corrected chi connectivity index (χ2v) is 3.10. The molecule has 0 saturated heterocycles. The highest BCUT2D eigenvalue weighted by Crippen LogP contribution is 2.25. The van der Waals surface area contributed by atoms with Crippen molar-refractivity contribution in [1.29, 1.82) is 0 Å². The third-order valence-electron chi connectivity index (χ3n) is 0.937. The number of anilines is 1. The molecule has 1 aromatic carbocycles. The number of benzene rings is 1. The monoisotopic (exact) mass is 224 g/mol. The number of hydrogen-bond acceptors (Lipinski definition) is 4. The Labute approximate surface area is 80.6 Å². The second-order valence-electron chi connectivity index (χ2n) is 2.07. The van der Waals surface area contributed by atoms with Crippen molar-refractivity contribution in [3.63, 3.8) is 0 Å². The molecule has 0 aliphatic heterocycles. The molecule has 0 amide bonds. The van der Waals surface area contributed by atoms with E-state index in [0.717, 1.165) is 0 Å². The molecule has 0 spiro atoms. The topological polar surface area (TPSA) is 159 Å². The molecule has 0 bridgehead atoms. The Morgan fingerprint density at radius 1 is 1.14 bits per heavy atom. The third-order valence-corrected chi connectivity index (χ3v) is 0.937. The highest BCUT2D eigenvalue weighted by molar-refractivity contribution is 7.45. The zero-order valence-corrected chi connectivity index (χ0v) is 8.13. The van der Waals surface area contributed by atoms with Crippen LogP contribution in [0.3, 0.4) is 0 Å². The third kappa shape index (κ3) is 10.9. The van der Waals surface area contributed by atoms with Gasteiger partial charge in [0.1, 0.15) is 5.75 Å². The number of hydrogen-bond donors (Lipinski definition) is 6. The van der Waals surface area contributed by atoms with Gasteiger partial charge in [-0.25, -0.2) is 4.57 Å². The van der Waals surface area contributed by atoms with Crippen molar-refractivity contribution in [1.82, 2.24) is 6.15 Å². The zero-order valence-electron chi connectivity index (χ0n) is 7.24. The smallest absolute Gasteiger partial charge is 0.466 e. The largest absolute Gasteiger partial charge is 0.506 e. The first-order valence-corrected chi connectivity index (χ1v) is 4.69. The normalized spacial score (nSPS) is 9.36. The molecule has 7 nitrogen and oxygen atoms in total. The van der Waals surface area contributed by atoms with Gasteiger partial charge in [0.05, 0.1) is 5.69 Å². The fourth-order valence-electron chi connectivity index (χ4n) is 0.488. The Morgan fingerprint density at radius 3 is 1.71 bits per heavy atom. The van der Waals surface area contributed by atoms with Crippen LogP contribution >= 0.6 is 7.82 Å². The molecule has 0 radical (unpaired) electrons. The maximum atomic E-state index is 8.88. The van der Waals surface area contributed by atoms with Gasteiger partial charge in [-0.15, -0.1) is 0 Å². The number of rotatable bonds is 0. The quantitative estimate of drug-likeness (QED) is 0.208. The number of para-hydroxylation sites is 2. The van der Waals surface area contributed by atoms with Crippen molar-refractivity contribution in [3.05, 3.63) is 24.3 Å². The van der Waals surface area contributed by atoms with E-state index in [2.05, 4.69) is 0 Å². The minimum Gasteiger partial charge on any atom is -0.506 e. The van der Waals surface area contributed by atoms with E-state index in [1.54, 1.807) is 24.3 Å². The fraction of sp³-hybridized carbons (Fsp3) is 0. The Hall–Kier alpha value is -1.11. The Bertz CT molecular complexity index is 284. The van der Waals surface area contributed by atoms with Crippen LogP contribution in [0.4, 0.5) is 5.69 Å². The lowest BCUT2D eigenvalue weighted by atomic mass is 10.3. The summed E-state index contributed by atoms with van der Waals surface area (Å²) >= 11 is 0. The number of phenolic OH excluding ortho intramolecular Hbond substituents is 1. The van der Waals surface area contributed by atoms with Gasteiger partial charge in [-0.1, -0.05) is 12.1 Å². The molecule has 0 aliphatic rings. The van der Waals surface area contributed by atoms with E-state index in [0.29, 0.717) is 5.69 Å². The predicted octanol–water partition coefficient (Wildman–Crippen LogP) is 0.208. The van der Waals surface area contributed by atoms with E-state index in [1.807, 2.05) is 0 Å². The summed E-state index contributed by atoms with van der Waals surface area (Å²) in [6, 6.07) is 6.70. The average Bonchev–Trinajstić information content (AvgIpc) is 1.92. The summed E-state index contributed by atoms with van der Waals surface area (Å²) in [5, 5.41) is 8.79. The van der Waals surface area contributed by atoms with Crippen molar-refractivity contribution in [3.8, 4) is 5.75 Å². The summed E-state index contributed by atoms with van der Waals surface area (Å²) in [7, 11) is -4.64. The van der Waals surface area contributed by atoms with E-state index in [9.17, 15) is 0 Å². The SMILES string of the molecule is N.Nc1ccccc1O.O=P(O)(O)O. The standard InChI is InChI=1S/C6H7NO.H3N.H3O4P/c7-5-3-1-2-4-6(5)8;;1-5(2,3)4/h1-4,8H,7H2;1H3;(H3,1,2,3,4). The molecular formula is C6H13N2O5P. The summed E-state index contributed by atoms with van der Waals surface area (Å²) in [4.78, 5) is 21.6. The van der Waals surface area contributed by atoms with Crippen molar-refractivity contribution in [2.45, 2.75) is 0 Å². The van der Waals surface area contributed by atoms with Crippen LogP contribution in [0.2, 0.25) is 0 Å². The molecule has 82 valence electrons. The maximum absolute atomic E-state index is 8.88. The molecule has 1 rings (SSSR count). The molecule has 8 heteroatoms. The first-order valence-electron chi connectivity index (χ1n) is 3.12. The van der Waals surface area contributed by atoms with E-state index in [-0.39, 0.29) is 11.9 Å². The van der Waals surface area contributed by atoms with Crippen molar-refractivity contribution < 1.29 is 24.4 Å². The van der Waals surface area contributed by atoms with Gasteiger partial charge < -0.3 is 31.7 Å². The lowest BCUT2D eigenvalue weighted by Crippen LogP contribution is -1.82. The van der Waals surface area contributed by atoms with Gasteiger partial charge in [0, 0.05) is 0 Å². The zero-order chi connectivity index (χ0) is 10.5. The Balaban J connectivity index is 0. The molecule has 0 aliphatic carbocycles. The summed E-state index contributed by atoms with van der Waals surface area (Å²) in [6.07, 6.45) is 0. The molecule has 9 N–H and O–H groups in total. The maximum Gasteiger partial charge on any atom is 0.466 e. The predicted molar refractivity (Wildman–Crippen MR) is 51.8 cm³/mol. The van der Waals surface area contributed by atoms with E-state index in [4.69, 9.17) is 30.1 Å². The van der Waals surface area contributed by atoms with Crippen LogP contribution in [0.25, 0.3) is 0 Å². The van der Waals surface area contributed by atoms with Crippen molar-refractivity contribution in [2.75, 3.05) is 5.73 Å². The minimum absolute atomic E-state index is 0. The number of phenols is 1. The molecule has 0 unspecified atom stereocenters. The number of aromatic hydroxyl groups is 1. The van der Waals surface area contributed by atoms with Gasteiger partial charge in [-0.2, -0.15) is 0 Å². The van der Waals surface area contributed by atoms with Crippen LogP contribution in [0.1, 0.15) is 0 Å². The summed E-state index contributed by atoms with van der Waals surface area (Å²) < 4.78 is 8.88. The van der Waals surface area contributed by atoms with Gasteiger partial charge in [-0.05, 0) is 12.1 Å². The number of nitrogen functional groups attached to an aromatic ring is 1. The van der Waals surface area contributed by atoms with E-state index < -0.39 is 7.82 Å². The number of phosphoric acid groups is 1. The van der Waals surface area contributed by atoms with Gasteiger partial charge in [0.2, 0.25) is 0 Å². The lowest BCUT2D eigenvalue weighted by molar-refractivity contribution is 0.275. The van der Waals surface area contributed by atoms with Gasteiger partial charge in [-0.3, -0.25) is 0 Å². The summed E-state index contributed by atoms with van der Waals surface area (Å²) in [5.41, 5.74) is 5.69. The molecule has 1 aromatic rings. The number of nitrogens with two attached hydrogens (primary N) is 1. The van der Waals surface area contributed by atoms with Crippen LogP contribution in [-0.2, 0) is 4.57 Å². The van der Waals surface area contributed by atoms with Gasteiger partial charge in [0.25, 0.3) is 0 Å². The minimum atomic E-state index is -4.64. The van der Waals surface area contributed by atoms with Crippen LogP contribution in [0.5, 0.6) is 5.75 Å². The van der Waals surface area contributed by atoms with Crippen molar-refractivity contribution in [2.24, 2.45) is 0 Å². The lowest BCUT2D eigenvalue weighted by Gasteiger charge is -1.92. The molecular weight excluding hydrogens is 211 g/mol. The van der Waals surface area contributed by atoms with Crippen LogP contribution < -0.4 is 11.9 Å². The highest BCUT2D eigenvalue weighted by atomic mass is 31.2. The van der Waals surface area contributed by atoms with E-state index >= 15 is 0 Å². The van der Waals surface area contributed by atoms with Crippen molar-refractivity contribution >= 4 is 13.5 Å². The van der Waals surface area contributed by atoms with E-state index in [1.165, 1.54) is 0 Å². The molecule has 0 atom stereocenters.